The summed E-state index contributed by atoms with van der Waals surface area (Å²) in [7, 11) is 0. The first-order valence-electron chi connectivity index (χ1n) is 6.44. The van der Waals surface area contributed by atoms with E-state index in [4.69, 9.17) is 0 Å². The quantitative estimate of drug-likeness (QED) is 0.747. The molecule has 1 aliphatic carbocycles. The highest BCUT2D eigenvalue weighted by Crippen LogP contribution is 2.20. The van der Waals surface area contributed by atoms with Gasteiger partial charge in [0, 0.05) is 11.4 Å². The van der Waals surface area contributed by atoms with Crippen LogP contribution in [0.4, 0.5) is 5.69 Å². The highest BCUT2D eigenvalue weighted by atomic mass is 14.9. The maximum Gasteiger partial charge on any atom is 0.0381 e. The van der Waals surface area contributed by atoms with Crippen molar-refractivity contribution in [2.75, 3.05) is 5.32 Å². The minimum atomic E-state index is 1.12. The summed E-state index contributed by atoms with van der Waals surface area (Å²) in [4.78, 5) is 0. The minimum absolute atomic E-state index is 1.12. The van der Waals surface area contributed by atoms with Crippen molar-refractivity contribution in [3.8, 4) is 0 Å². The van der Waals surface area contributed by atoms with Gasteiger partial charge in [-0.15, -0.1) is 0 Å². The van der Waals surface area contributed by atoms with Gasteiger partial charge in [-0.1, -0.05) is 43.2 Å². The lowest BCUT2D eigenvalue weighted by Crippen LogP contribution is -2.02. The highest BCUT2D eigenvalue weighted by Gasteiger charge is 2.02. The summed E-state index contributed by atoms with van der Waals surface area (Å²) in [5.74, 6) is 0. The Morgan fingerprint density at radius 2 is 1.53 bits per heavy atom. The Bertz CT molecular complexity index is 396. The van der Waals surface area contributed by atoms with Gasteiger partial charge in [0.1, 0.15) is 0 Å². The van der Waals surface area contributed by atoms with Gasteiger partial charge in [0.15, 0.2) is 0 Å². The Morgan fingerprint density at radius 1 is 0.882 bits per heavy atom. The number of benzene rings is 1. The molecule has 0 bridgehead atoms. The van der Waals surface area contributed by atoms with Crippen LogP contribution < -0.4 is 5.32 Å². The molecule has 1 heteroatoms. The van der Waals surface area contributed by atoms with Crippen molar-refractivity contribution < 1.29 is 0 Å². The number of allylic oxidation sites excluding steroid dienone is 4. The van der Waals surface area contributed by atoms with Crippen LogP contribution in [0.5, 0.6) is 0 Å². The molecule has 0 fully saturated rings. The van der Waals surface area contributed by atoms with Gasteiger partial charge in [-0.05, 0) is 44.9 Å². The van der Waals surface area contributed by atoms with Crippen molar-refractivity contribution in [3.63, 3.8) is 0 Å². The van der Waals surface area contributed by atoms with E-state index < -0.39 is 0 Å². The van der Waals surface area contributed by atoms with Crippen LogP contribution >= 0.6 is 0 Å². The maximum atomic E-state index is 3.45. The van der Waals surface area contributed by atoms with Crippen LogP contribution in [0, 0.1) is 6.92 Å². The van der Waals surface area contributed by atoms with Gasteiger partial charge in [-0.25, -0.2) is 0 Å². The Hall–Kier alpha value is -1.50. The largest absolute Gasteiger partial charge is 0.359 e. The van der Waals surface area contributed by atoms with Gasteiger partial charge >= 0.3 is 0 Å². The summed E-state index contributed by atoms with van der Waals surface area (Å²) < 4.78 is 0. The molecular formula is C16H23N. The molecule has 17 heavy (non-hydrogen) atoms. The molecule has 0 heterocycles. The van der Waals surface area contributed by atoms with Gasteiger partial charge in [-0.2, -0.15) is 0 Å². The van der Waals surface area contributed by atoms with Crippen LogP contribution in [0.25, 0.3) is 0 Å². The summed E-state index contributed by atoms with van der Waals surface area (Å²) in [6.45, 7) is 8.29. The topological polar surface area (TPSA) is 12.0 Å². The molecule has 92 valence electrons. The SMILES string of the molecule is CC.CC1=CC=C(Nc2ccc(C)cc2)CC1. The average molecular weight is 229 g/mol. The van der Waals surface area contributed by atoms with Crippen LogP contribution in [-0.2, 0) is 0 Å². The number of aryl methyl sites for hydroxylation is 1. The predicted molar refractivity (Wildman–Crippen MR) is 77.2 cm³/mol. The fourth-order valence-corrected chi connectivity index (χ4v) is 1.67. The lowest BCUT2D eigenvalue weighted by Gasteiger charge is -2.14. The van der Waals surface area contributed by atoms with Crippen LogP contribution in [0.3, 0.4) is 0 Å². The van der Waals surface area contributed by atoms with E-state index in [2.05, 4.69) is 55.6 Å². The number of rotatable bonds is 2. The fraction of sp³-hybridized carbons (Fsp3) is 0.375. The highest BCUT2D eigenvalue weighted by molar-refractivity contribution is 5.50. The molecule has 0 aromatic heterocycles. The molecule has 0 amide bonds. The summed E-state index contributed by atoms with van der Waals surface area (Å²) in [5, 5.41) is 3.45. The summed E-state index contributed by atoms with van der Waals surface area (Å²) in [6, 6.07) is 8.52. The molecule has 1 N–H and O–H groups in total. The van der Waals surface area contributed by atoms with Gasteiger partial charge in [-0.3, -0.25) is 0 Å². The lowest BCUT2D eigenvalue weighted by molar-refractivity contribution is 0.910. The Morgan fingerprint density at radius 3 is 2.06 bits per heavy atom. The molecule has 0 radical (unpaired) electrons. The van der Waals surface area contributed by atoms with Crippen molar-refractivity contribution in [2.45, 2.75) is 40.5 Å². The lowest BCUT2D eigenvalue weighted by atomic mass is 10.0. The second-order valence-corrected chi connectivity index (χ2v) is 4.20. The number of nitrogens with one attached hydrogen (secondary N) is 1. The van der Waals surface area contributed by atoms with Gasteiger partial charge in [0.25, 0.3) is 0 Å². The van der Waals surface area contributed by atoms with E-state index in [-0.39, 0.29) is 0 Å². The molecular weight excluding hydrogens is 206 g/mol. The van der Waals surface area contributed by atoms with E-state index in [1.165, 1.54) is 28.9 Å². The minimum Gasteiger partial charge on any atom is -0.359 e. The van der Waals surface area contributed by atoms with Gasteiger partial charge in [0.05, 0.1) is 0 Å². The van der Waals surface area contributed by atoms with E-state index >= 15 is 0 Å². The number of hydrogen-bond acceptors (Lipinski definition) is 1. The Balaban J connectivity index is 0.000000686. The van der Waals surface area contributed by atoms with Crippen molar-refractivity contribution in [2.24, 2.45) is 0 Å². The average Bonchev–Trinajstić information content (AvgIpc) is 2.37. The maximum absolute atomic E-state index is 3.45. The molecule has 0 unspecified atom stereocenters. The second kappa shape index (κ2) is 6.95. The van der Waals surface area contributed by atoms with Gasteiger partial charge in [0.2, 0.25) is 0 Å². The standard InChI is InChI=1S/C14H17N.C2H6/c1-11-3-7-13(8-4-11)15-14-9-5-12(2)6-10-14;1-2/h3-5,7-9,15H,6,10H2,1-2H3;1-2H3. The normalized spacial score (nSPS) is 14.1. The zero-order chi connectivity index (χ0) is 12.7. The van der Waals surface area contributed by atoms with E-state index in [0.717, 1.165) is 6.42 Å². The second-order valence-electron chi connectivity index (χ2n) is 4.20. The summed E-state index contributed by atoms with van der Waals surface area (Å²) in [5.41, 5.74) is 5.25. The smallest absolute Gasteiger partial charge is 0.0381 e. The molecule has 0 saturated carbocycles. The monoisotopic (exact) mass is 229 g/mol. The van der Waals surface area contributed by atoms with E-state index in [1.54, 1.807) is 0 Å². The van der Waals surface area contributed by atoms with E-state index in [1.807, 2.05) is 13.8 Å². The van der Waals surface area contributed by atoms with Crippen LogP contribution in [0.15, 0.2) is 47.7 Å². The van der Waals surface area contributed by atoms with Crippen molar-refractivity contribution >= 4 is 5.69 Å². The first-order valence-corrected chi connectivity index (χ1v) is 6.44. The zero-order valence-electron chi connectivity index (χ0n) is 11.4. The number of anilines is 1. The third kappa shape index (κ3) is 4.48. The Kier molecular flexibility index (Phi) is 5.55. The summed E-state index contributed by atoms with van der Waals surface area (Å²) in [6.07, 6.45) is 6.67. The van der Waals surface area contributed by atoms with Crippen LogP contribution in [-0.4, -0.2) is 0 Å². The molecule has 0 aliphatic heterocycles. The molecule has 1 aromatic carbocycles. The molecule has 0 atom stereocenters. The molecule has 0 spiro atoms. The van der Waals surface area contributed by atoms with Crippen LogP contribution in [0.2, 0.25) is 0 Å². The molecule has 1 aliphatic rings. The third-order valence-corrected chi connectivity index (χ3v) is 2.71. The van der Waals surface area contributed by atoms with Crippen molar-refractivity contribution in [3.05, 3.63) is 53.3 Å². The van der Waals surface area contributed by atoms with E-state index in [9.17, 15) is 0 Å². The number of hydrogen-bond donors (Lipinski definition) is 1. The van der Waals surface area contributed by atoms with Crippen LogP contribution in [0.1, 0.15) is 39.2 Å². The summed E-state index contributed by atoms with van der Waals surface area (Å²) >= 11 is 0. The predicted octanol–water partition coefficient (Wildman–Crippen LogP) is 5.06. The third-order valence-electron chi connectivity index (χ3n) is 2.71. The zero-order valence-corrected chi connectivity index (χ0v) is 11.4. The molecule has 1 nitrogen and oxygen atoms in total. The van der Waals surface area contributed by atoms with Crippen molar-refractivity contribution in [1.29, 1.82) is 0 Å². The van der Waals surface area contributed by atoms with Crippen molar-refractivity contribution in [1.82, 2.24) is 0 Å². The first kappa shape index (κ1) is 13.6. The van der Waals surface area contributed by atoms with Gasteiger partial charge < -0.3 is 5.32 Å². The fourth-order valence-electron chi connectivity index (χ4n) is 1.67. The van der Waals surface area contributed by atoms with E-state index in [0.29, 0.717) is 0 Å². The first-order chi connectivity index (χ1) is 8.24. The molecule has 1 aromatic rings. The molecule has 0 saturated heterocycles. The Labute approximate surface area is 105 Å². The molecule has 2 rings (SSSR count).